The van der Waals surface area contributed by atoms with Crippen LogP contribution >= 0.6 is 0 Å². The van der Waals surface area contributed by atoms with Crippen molar-refractivity contribution in [3.63, 3.8) is 0 Å². The number of carbonyl (C=O) groups excluding carboxylic acids is 1. The van der Waals surface area contributed by atoms with E-state index in [0.717, 1.165) is 12.5 Å². The van der Waals surface area contributed by atoms with Gasteiger partial charge in [0, 0.05) is 33.2 Å². The molecule has 20 heavy (non-hydrogen) atoms. The summed E-state index contributed by atoms with van der Waals surface area (Å²) < 4.78 is 0. The lowest BCUT2D eigenvalue weighted by molar-refractivity contribution is 0.217. The van der Waals surface area contributed by atoms with Crippen molar-refractivity contribution in [2.24, 2.45) is 5.92 Å². The van der Waals surface area contributed by atoms with Gasteiger partial charge >= 0.3 is 6.03 Å². The number of carbonyl (C=O) groups is 1. The molecule has 1 aliphatic rings. The van der Waals surface area contributed by atoms with Crippen LogP contribution in [0.4, 0.5) is 4.79 Å². The number of nitrogens with zero attached hydrogens (tertiary/aromatic N) is 1. The monoisotopic (exact) mass is 275 g/mol. The lowest BCUT2D eigenvalue weighted by atomic mass is 10.0. The van der Waals surface area contributed by atoms with E-state index >= 15 is 0 Å². The average Bonchev–Trinajstić information content (AvgIpc) is 3.24. The molecule has 1 fully saturated rings. The molecule has 0 spiro atoms. The third kappa shape index (κ3) is 4.23. The van der Waals surface area contributed by atoms with E-state index in [0.29, 0.717) is 12.6 Å². The van der Waals surface area contributed by atoms with E-state index in [2.05, 4.69) is 41.8 Å². The minimum atomic E-state index is -0.0369. The maximum absolute atomic E-state index is 11.4. The lowest BCUT2D eigenvalue weighted by Gasteiger charge is -2.20. The Morgan fingerprint density at radius 2 is 1.90 bits per heavy atom. The van der Waals surface area contributed by atoms with E-state index in [1.807, 2.05) is 0 Å². The third-order valence-corrected chi connectivity index (χ3v) is 3.70. The van der Waals surface area contributed by atoms with Crippen LogP contribution in [0.15, 0.2) is 24.3 Å². The highest BCUT2D eigenvalue weighted by atomic mass is 16.2. The molecule has 110 valence electrons. The van der Waals surface area contributed by atoms with E-state index in [1.165, 1.54) is 24.0 Å². The van der Waals surface area contributed by atoms with Gasteiger partial charge in [0.05, 0.1) is 0 Å². The fourth-order valence-corrected chi connectivity index (χ4v) is 2.32. The van der Waals surface area contributed by atoms with Gasteiger partial charge < -0.3 is 15.5 Å². The molecule has 0 radical (unpaired) electrons. The zero-order valence-corrected chi connectivity index (χ0v) is 12.6. The number of nitrogens with one attached hydrogen (secondary N) is 2. The van der Waals surface area contributed by atoms with Crippen LogP contribution in [-0.4, -0.2) is 38.1 Å². The Balaban J connectivity index is 1.81. The van der Waals surface area contributed by atoms with Gasteiger partial charge in [-0.05, 0) is 31.2 Å². The molecule has 0 aliphatic heterocycles. The second-order valence-electron chi connectivity index (χ2n) is 5.81. The first-order valence-corrected chi connectivity index (χ1v) is 7.33. The molecule has 0 saturated heterocycles. The van der Waals surface area contributed by atoms with Gasteiger partial charge in [-0.2, -0.15) is 0 Å². The quantitative estimate of drug-likeness (QED) is 0.783. The maximum Gasteiger partial charge on any atom is 0.316 e. The van der Waals surface area contributed by atoms with Crippen LogP contribution in [0.25, 0.3) is 0 Å². The molecule has 1 aromatic rings. The zero-order chi connectivity index (χ0) is 14.5. The fourth-order valence-electron chi connectivity index (χ4n) is 2.32. The highest BCUT2D eigenvalue weighted by Gasteiger charge is 2.31. The van der Waals surface area contributed by atoms with E-state index in [-0.39, 0.29) is 6.03 Å². The van der Waals surface area contributed by atoms with Gasteiger partial charge in [-0.1, -0.05) is 29.8 Å². The molecule has 1 aromatic carbocycles. The molecular formula is C16H25N3O. The fraction of sp³-hybridized carbons (Fsp3) is 0.562. The highest BCUT2D eigenvalue weighted by Crippen LogP contribution is 2.40. The van der Waals surface area contributed by atoms with Gasteiger partial charge in [-0.25, -0.2) is 4.79 Å². The minimum absolute atomic E-state index is 0.0369. The molecule has 1 atom stereocenters. The van der Waals surface area contributed by atoms with E-state index < -0.39 is 0 Å². The highest BCUT2D eigenvalue weighted by molar-refractivity contribution is 5.73. The van der Waals surface area contributed by atoms with Crippen molar-refractivity contribution in [2.75, 3.05) is 27.2 Å². The molecular weight excluding hydrogens is 250 g/mol. The van der Waals surface area contributed by atoms with Crippen LogP contribution in [0.5, 0.6) is 0 Å². The summed E-state index contributed by atoms with van der Waals surface area (Å²) in [5.74, 6) is 0.752. The molecule has 2 rings (SSSR count). The Labute approximate surface area is 121 Å². The molecule has 0 heterocycles. The summed E-state index contributed by atoms with van der Waals surface area (Å²) in [6.07, 6.45) is 2.60. The van der Waals surface area contributed by atoms with Crippen LogP contribution in [0.3, 0.4) is 0 Å². The summed E-state index contributed by atoms with van der Waals surface area (Å²) in [5, 5.41) is 6.46. The number of rotatable bonds is 6. The summed E-state index contributed by atoms with van der Waals surface area (Å²) in [7, 11) is 3.50. The van der Waals surface area contributed by atoms with E-state index in [1.54, 1.807) is 19.0 Å². The van der Waals surface area contributed by atoms with Gasteiger partial charge in [0.2, 0.25) is 0 Å². The number of urea groups is 1. The summed E-state index contributed by atoms with van der Waals surface area (Å²) in [6, 6.07) is 9.14. The number of benzene rings is 1. The second-order valence-corrected chi connectivity index (χ2v) is 5.81. The number of aryl methyl sites for hydroxylation is 1. The van der Waals surface area contributed by atoms with E-state index in [9.17, 15) is 4.79 Å². The Bertz CT molecular complexity index is 438. The average molecular weight is 275 g/mol. The Kier molecular flexibility index (Phi) is 5.01. The van der Waals surface area contributed by atoms with Gasteiger partial charge in [-0.3, -0.25) is 0 Å². The summed E-state index contributed by atoms with van der Waals surface area (Å²) in [4.78, 5) is 13.0. The summed E-state index contributed by atoms with van der Waals surface area (Å²) in [6.45, 7) is 3.57. The molecule has 4 nitrogen and oxygen atoms in total. The minimum Gasteiger partial charge on any atom is -0.337 e. The first-order chi connectivity index (χ1) is 9.58. The molecule has 0 bridgehead atoms. The van der Waals surface area contributed by atoms with Crippen LogP contribution in [0.1, 0.15) is 30.0 Å². The Hall–Kier alpha value is -1.55. The summed E-state index contributed by atoms with van der Waals surface area (Å²) >= 11 is 0. The van der Waals surface area contributed by atoms with Crippen molar-refractivity contribution in [1.82, 2.24) is 15.5 Å². The first kappa shape index (κ1) is 14.9. The standard InChI is InChI=1S/C16H25N3O/c1-12-4-6-13(7-5-12)15(14-8-9-14)17-10-11-18-16(20)19(2)3/h4-7,14-15,17H,8-11H2,1-3H3,(H,18,20). The van der Waals surface area contributed by atoms with Gasteiger partial charge in [0.15, 0.2) is 0 Å². The van der Waals surface area contributed by atoms with Crippen molar-refractivity contribution in [1.29, 1.82) is 0 Å². The SMILES string of the molecule is Cc1ccc(C(NCCNC(=O)N(C)C)C2CC2)cc1. The van der Waals surface area contributed by atoms with Crippen molar-refractivity contribution in [3.8, 4) is 0 Å². The van der Waals surface area contributed by atoms with E-state index in [4.69, 9.17) is 0 Å². The van der Waals surface area contributed by atoms with Crippen molar-refractivity contribution < 1.29 is 4.79 Å². The van der Waals surface area contributed by atoms with Gasteiger partial charge in [0.25, 0.3) is 0 Å². The van der Waals surface area contributed by atoms with Crippen LogP contribution in [0, 0.1) is 12.8 Å². The summed E-state index contributed by atoms with van der Waals surface area (Å²) in [5.41, 5.74) is 2.65. The van der Waals surface area contributed by atoms with Crippen LogP contribution < -0.4 is 10.6 Å². The molecule has 0 aromatic heterocycles. The normalized spacial score (nSPS) is 15.8. The molecule has 4 heteroatoms. The van der Waals surface area contributed by atoms with Crippen molar-refractivity contribution in [3.05, 3.63) is 35.4 Å². The Morgan fingerprint density at radius 3 is 2.45 bits per heavy atom. The molecule has 2 N–H and O–H groups in total. The smallest absolute Gasteiger partial charge is 0.316 e. The number of amides is 2. The largest absolute Gasteiger partial charge is 0.337 e. The molecule has 1 unspecified atom stereocenters. The topological polar surface area (TPSA) is 44.4 Å². The molecule has 1 aliphatic carbocycles. The zero-order valence-electron chi connectivity index (χ0n) is 12.6. The van der Waals surface area contributed by atoms with Crippen molar-refractivity contribution in [2.45, 2.75) is 25.8 Å². The first-order valence-electron chi connectivity index (χ1n) is 7.33. The van der Waals surface area contributed by atoms with Crippen LogP contribution in [0.2, 0.25) is 0 Å². The lowest BCUT2D eigenvalue weighted by Crippen LogP contribution is -2.39. The number of hydrogen-bond donors (Lipinski definition) is 2. The molecule has 2 amide bonds. The van der Waals surface area contributed by atoms with Crippen molar-refractivity contribution >= 4 is 6.03 Å². The third-order valence-electron chi connectivity index (χ3n) is 3.70. The molecule has 1 saturated carbocycles. The second kappa shape index (κ2) is 6.75. The Morgan fingerprint density at radius 1 is 1.25 bits per heavy atom. The predicted octanol–water partition coefficient (Wildman–Crippen LogP) is 2.31. The maximum atomic E-state index is 11.4. The van der Waals surface area contributed by atoms with Gasteiger partial charge in [0.1, 0.15) is 0 Å². The van der Waals surface area contributed by atoms with Gasteiger partial charge in [-0.15, -0.1) is 0 Å². The number of hydrogen-bond acceptors (Lipinski definition) is 2. The predicted molar refractivity (Wildman–Crippen MR) is 81.7 cm³/mol. The van der Waals surface area contributed by atoms with Crippen LogP contribution in [-0.2, 0) is 0 Å².